The first-order valence-electron chi connectivity index (χ1n) is 10.5. The van der Waals surface area contributed by atoms with Gasteiger partial charge in [-0.15, -0.1) is 0 Å². The molecule has 0 aliphatic rings. The van der Waals surface area contributed by atoms with Crippen molar-refractivity contribution in [1.82, 2.24) is 0 Å². The topological polar surface area (TPSA) is 70.9 Å². The van der Waals surface area contributed by atoms with Crippen LogP contribution in [0.25, 0.3) is 0 Å². The van der Waals surface area contributed by atoms with E-state index in [1.807, 2.05) is 67.5 Å². The predicted octanol–water partition coefficient (Wildman–Crippen LogP) is 7.47. The van der Waals surface area contributed by atoms with Gasteiger partial charge in [0.25, 0.3) is 5.91 Å². The van der Waals surface area contributed by atoms with Crippen LogP contribution in [0.2, 0.25) is 0 Å². The third-order valence-corrected chi connectivity index (χ3v) is 2.72. The Balaban J connectivity index is -0.000000336. The average molecular weight is 453 g/mol. The molecule has 0 saturated carbocycles. The molecule has 0 spiro atoms. The second-order valence-electron chi connectivity index (χ2n) is 4.42. The minimum atomic E-state index is -1.15. The summed E-state index contributed by atoms with van der Waals surface area (Å²) < 4.78 is 0. The monoisotopic (exact) mass is 452 g/mol. The summed E-state index contributed by atoms with van der Waals surface area (Å²) in [5, 5.41) is 10.4. The number of rotatable bonds is 5. The van der Waals surface area contributed by atoms with Crippen molar-refractivity contribution < 1.29 is 28.1 Å². The molecule has 0 fully saturated rings. The first-order valence-corrected chi connectivity index (χ1v) is 10.5. The first kappa shape index (κ1) is 35.2. The maximum absolute atomic E-state index is 12.1. The number of hydrogen-bond donors (Lipinski definition) is 1. The zero-order chi connectivity index (χ0) is 23.1. The zero-order valence-corrected chi connectivity index (χ0v) is 21.4. The van der Waals surface area contributed by atoms with Gasteiger partial charge in [-0.3, -0.25) is 9.59 Å². The molecular formula is C24H39N3O2V. The van der Waals surface area contributed by atoms with Crippen LogP contribution in [0.5, 0.6) is 0 Å². The largest absolute Gasteiger partial charge is 0.324 e. The Hall–Kier alpha value is -2.24. The fourth-order valence-corrected chi connectivity index (χ4v) is 1.67. The average Bonchev–Trinajstić information content (AvgIpc) is 2.80. The SMILES string of the molecule is CC.CC.CC.CC.CC(=O)C(N=Nc1ccccc1)C(=O)Nc1ccccc1.[V]. The van der Waals surface area contributed by atoms with E-state index < -0.39 is 11.9 Å². The number of azo groups is 1. The van der Waals surface area contributed by atoms with Crippen LogP contribution in [0.4, 0.5) is 11.4 Å². The first-order chi connectivity index (χ1) is 14.2. The summed E-state index contributed by atoms with van der Waals surface area (Å²) in [6.07, 6.45) is 0. The van der Waals surface area contributed by atoms with Gasteiger partial charge in [0.05, 0.1) is 5.69 Å². The van der Waals surface area contributed by atoms with E-state index >= 15 is 0 Å². The van der Waals surface area contributed by atoms with Crippen LogP contribution in [0.15, 0.2) is 70.9 Å². The number of ketones is 1. The van der Waals surface area contributed by atoms with E-state index in [-0.39, 0.29) is 24.3 Å². The molecular weight excluding hydrogens is 413 g/mol. The van der Waals surface area contributed by atoms with E-state index in [1.165, 1.54) is 6.92 Å². The molecule has 2 rings (SSSR count). The molecule has 0 bridgehead atoms. The van der Waals surface area contributed by atoms with Crippen molar-refractivity contribution in [2.24, 2.45) is 10.2 Å². The summed E-state index contributed by atoms with van der Waals surface area (Å²) in [6, 6.07) is 16.7. The number of hydrogen-bond acceptors (Lipinski definition) is 4. The Morgan fingerprint density at radius 3 is 1.53 bits per heavy atom. The molecule has 1 amide bonds. The van der Waals surface area contributed by atoms with Gasteiger partial charge in [-0.1, -0.05) is 91.8 Å². The number of anilines is 1. The second-order valence-corrected chi connectivity index (χ2v) is 4.42. The molecule has 0 aliphatic carbocycles. The van der Waals surface area contributed by atoms with Gasteiger partial charge in [-0.25, -0.2) is 0 Å². The van der Waals surface area contributed by atoms with Crippen LogP contribution in [0, 0.1) is 0 Å². The van der Waals surface area contributed by atoms with Gasteiger partial charge < -0.3 is 5.32 Å². The Morgan fingerprint density at radius 1 is 0.733 bits per heavy atom. The summed E-state index contributed by atoms with van der Waals surface area (Å²) in [5.74, 6) is -0.850. The van der Waals surface area contributed by atoms with Gasteiger partial charge in [-0.2, -0.15) is 10.2 Å². The predicted molar refractivity (Wildman–Crippen MR) is 126 cm³/mol. The Bertz CT molecular complexity index is 648. The van der Waals surface area contributed by atoms with Crippen LogP contribution in [-0.2, 0) is 28.1 Å². The van der Waals surface area contributed by atoms with Crippen LogP contribution in [-0.4, -0.2) is 17.7 Å². The molecule has 0 aromatic heterocycles. The van der Waals surface area contributed by atoms with E-state index in [4.69, 9.17) is 0 Å². The van der Waals surface area contributed by atoms with Crippen molar-refractivity contribution in [3.8, 4) is 0 Å². The van der Waals surface area contributed by atoms with E-state index in [9.17, 15) is 9.59 Å². The maximum atomic E-state index is 12.1. The molecule has 167 valence electrons. The summed E-state index contributed by atoms with van der Waals surface area (Å²) in [7, 11) is 0. The molecule has 6 heteroatoms. The van der Waals surface area contributed by atoms with Crippen molar-refractivity contribution in [2.75, 3.05) is 5.32 Å². The smallest absolute Gasteiger partial charge is 0.258 e. The van der Waals surface area contributed by atoms with Gasteiger partial charge in [-0.05, 0) is 31.2 Å². The van der Waals surface area contributed by atoms with Gasteiger partial charge in [0.1, 0.15) is 0 Å². The van der Waals surface area contributed by atoms with Crippen molar-refractivity contribution in [2.45, 2.75) is 68.4 Å². The van der Waals surface area contributed by atoms with Crippen molar-refractivity contribution in [3.05, 3.63) is 60.7 Å². The molecule has 0 saturated heterocycles. The second kappa shape index (κ2) is 26.8. The molecule has 0 aliphatic heterocycles. The molecule has 5 nitrogen and oxygen atoms in total. The third kappa shape index (κ3) is 16.7. The number of benzene rings is 2. The summed E-state index contributed by atoms with van der Waals surface area (Å²) in [4.78, 5) is 23.7. The fourth-order valence-electron chi connectivity index (χ4n) is 1.67. The van der Waals surface area contributed by atoms with Crippen LogP contribution in [0.1, 0.15) is 62.3 Å². The fraction of sp³-hybridized carbons (Fsp3) is 0.417. The number of nitrogens with zero attached hydrogens (tertiary/aromatic N) is 2. The van der Waals surface area contributed by atoms with Gasteiger partial charge in [0, 0.05) is 24.2 Å². The molecule has 1 atom stereocenters. The molecule has 1 radical (unpaired) electrons. The zero-order valence-electron chi connectivity index (χ0n) is 20.0. The minimum absolute atomic E-state index is 0. The number of carbonyl (C=O) groups is 2. The van der Waals surface area contributed by atoms with Crippen LogP contribution < -0.4 is 5.32 Å². The van der Waals surface area contributed by atoms with Crippen molar-refractivity contribution in [1.29, 1.82) is 0 Å². The maximum Gasteiger partial charge on any atom is 0.258 e. The van der Waals surface area contributed by atoms with Crippen molar-refractivity contribution in [3.63, 3.8) is 0 Å². The molecule has 2 aromatic carbocycles. The number of nitrogens with one attached hydrogen (secondary N) is 1. The van der Waals surface area contributed by atoms with Gasteiger partial charge in [0.2, 0.25) is 6.04 Å². The number of para-hydroxylation sites is 1. The molecule has 2 aromatic rings. The van der Waals surface area contributed by atoms with E-state index in [0.717, 1.165) is 0 Å². The van der Waals surface area contributed by atoms with Crippen molar-refractivity contribution >= 4 is 23.1 Å². The third-order valence-electron chi connectivity index (χ3n) is 2.72. The van der Waals surface area contributed by atoms with Crippen LogP contribution in [0.3, 0.4) is 0 Å². The molecule has 1 unspecified atom stereocenters. The molecule has 0 heterocycles. The summed E-state index contributed by atoms with van der Waals surface area (Å²) in [6.45, 7) is 17.3. The molecule has 1 N–H and O–H groups in total. The van der Waals surface area contributed by atoms with Gasteiger partial charge >= 0.3 is 0 Å². The normalized spacial score (nSPS) is 9.23. The number of carbonyl (C=O) groups excluding carboxylic acids is 2. The summed E-state index contributed by atoms with van der Waals surface area (Å²) >= 11 is 0. The van der Waals surface area contributed by atoms with Crippen LogP contribution >= 0.6 is 0 Å². The minimum Gasteiger partial charge on any atom is -0.324 e. The quantitative estimate of drug-likeness (QED) is 0.377. The van der Waals surface area contributed by atoms with Gasteiger partial charge in [0.15, 0.2) is 5.78 Å². The van der Waals surface area contributed by atoms with E-state index in [2.05, 4.69) is 15.5 Å². The number of Topliss-reactive ketones (excluding diaryl/α,β-unsaturated/α-hetero) is 1. The Labute approximate surface area is 195 Å². The van der Waals surface area contributed by atoms with E-state index in [0.29, 0.717) is 11.4 Å². The Kier molecular flexibility index (Phi) is 31.4. The molecule has 30 heavy (non-hydrogen) atoms. The Morgan fingerprint density at radius 2 is 1.13 bits per heavy atom. The summed E-state index contributed by atoms with van der Waals surface area (Å²) in [5.41, 5.74) is 1.21. The number of amides is 1. The standard InChI is InChI=1S/C16H15N3O2.4C2H6.V/c1-12(20)15(19-18-14-10-6-3-7-11-14)16(21)17-13-8-4-2-5-9-13;4*1-2;/h2-11,15H,1H3,(H,17,21);4*1-2H3;. The van der Waals surface area contributed by atoms with E-state index in [1.54, 1.807) is 48.5 Å².